The van der Waals surface area contributed by atoms with Crippen LogP contribution >= 0.6 is 0 Å². The molecule has 0 aliphatic heterocycles. The first kappa shape index (κ1) is 22.0. The summed E-state index contributed by atoms with van der Waals surface area (Å²) in [6.07, 6.45) is 1.59. The number of benzene rings is 3. The second-order valence-corrected chi connectivity index (χ2v) is 8.81. The molecule has 0 saturated heterocycles. The van der Waals surface area contributed by atoms with Gasteiger partial charge in [0, 0.05) is 5.56 Å². The van der Waals surface area contributed by atoms with Gasteiger partial charge < -0.3 is 14.6 Å². The molecule has 168 valence electrons. The predicted molar refractivity (Wildman–Crippen MR) is 119 cm³/mol. The van der Waals surface area contributed by atoms with Gasteiger partial charge >= 0.3 is 5.97 Å². The molecular weight excluding hydrogens is 446 g/mol. The summed E-state index contributed by atoms with van der Waals surface area (Å²) < 4.78 is 39.0. The quantitative estimate of drug-likeness (QED) is 0.440. The van der Waals surface area contributed by atoms with E-state index < -0.39 is 15.8 Å². The Morgan fingerprint density at radius 3 is 2.15 bits per heavy atom. The van der Waals surface area contributed by atoms with Gasteiger partial charge in [0.15, 0.2) is 5.69 Å². The fraction of sp³-hybridized carbons (Fsp3) is 0.0870. The van der Waals surface area contributed by atoms with Crippen molar-refractivity contribution in [2.75, 3.05) is 14.2 Å². The van der Waals surface area contributed by atoms with Crippen LogP contribution in [0.4, 0.5) is 0 Å². The summed E-state index contributed by atoms with van der Waals surface area (Å²) in [5.41, 5.74) is 1.19. The van der Waals surface area contributed by atoms with Crippen LogP contribution in [0.1, 0.15) is 10.4 Å². The van der Waals surface area contributed by atoms with Gasteiger partial charge in [0.05, 0.1) is 35.8 Å². The van der Waals surface area contributed by atoms with Crippen molar-refractivity contribution in [3.05, 3.63) is 78.5 Å². The summed E-state index contributed by atoms with van der Waals surface area (Å²) in [5, 5.41) is 17.4. The minimum atomic E-state index is -3.96. The number of hydrogen-bond acceptors (Lipinski definition) is 7. The third-order valence-electron chi connectivity index (χ3n) is 4.99. The second-order valence-electron chi connectivity index (χ2n) is 6.89. The molecule has 0 amide bonds. The van der Waals surface area contributed by atoms with E-state index in [2.05, 4.69) is 10.3 Å². The lowest BCUT2D eigenvalue weighted by Gasteiger charge is -2.12. The van der Waals surface area contributed by atoms with Gasteiger partial charge in [-0.1, -0.05) is 29.5 Å². The van der Waals surface area contributed by atoms with Gasteiger partial charge in [-0.2, -0.15) is 0 Å². The number of methoxy groups -OCH3 is 2. The van der Waals surface area contributed by atoms with E-state index >= 15 is 0 Å². The van der Waals surface area contributed by atoms with Gasteiger partial charge in [0.25, 0.3) is 0 Å². The van der Waals surface area contributed by atoms with E-state index in [4.69, 9.17) is 14.6 Å². The largest absolute Gasteiger partial charge is 0.494 e. The Balaban J connectivity index is 1.80. The van der Waals surface area contributed by atoms with Crippen molar-refractivity contribution in [3.63, 3.8) is 0 Å². The molecule has 1 aromatic heterocycles. The van der Waals surface area contributed by atoms with E-state index in [1.807, 2.05) is 0 Å². The number of ether oxygens (including phenoxy) is 2. The van der Waals surface area contributed by atoms with Crippen LogP contribution in [-0.4, -0.2) is 48.7 Å². The summed E-state index contributed by atoms with van der Waals surface area (Å²) >= 11 is 0. The molecule has 0 bridgehead atoms. The highest BCUT2D eigenvalue weighted by Crippen LogP contribution is 2.34. The monoisotopic (exact) mass is 465 g/mol. The Bertz CT molecular complexity index is 1410. The standard InChI is InChI=1S/C23H19N3O6S/c1-31-19-7-5-8-20(32-2)22(19)26-14-18(24-25-26)17-6-3-4-9-21(17)33(29,30)16-12-10-15(11-13-16)23(27)28/h3-14H,1-2H3,(H,27,28). The van der Waals surface area contributed by atoms with Gasteiger partial charge in [-0.15, -0.1) is 5.10 Å². The van der Waals surface area contributed by atoms with E-state index in [0.29, 0.717) is 28.4 Å². The van der Waals surface area contributed by atoms with Gasteiger partial charge in [-0.05, 0) is 42.5 Å². The molecule has 0 unspecified atom stereocenters. The molecule has 33 heavy (non-hydrogen) atoms. The number of sulfone groups is 1. The molecule has 0 saturated carbocycles. The Labute approximate surface area is 189 Å². The van der Waals surface area contributed by atoms with Crippen LogP contribution < -0.4 is 9.47 Å². The molecule has 1 heterocycles. The molecule has 0 aliphatic rings. The third-order valence-corrected chi connectivity index (χ3v) is 6.82. The number of rotatable bonds is 7. The minimum absolute atomic E-state index is 0.00376. The van der Waals surface area contributed by atoms with Crippen LogP contribution in [0.5, 0.6) is 11.5 Å². The predicted octanol–water partition coefficient (Wildman–Crippen LogP) is 3.48. The molecule has 3 aromatic carbocycles. The maximum Gasteiger partial charge on any atom is 0.335 e. The van der Waals surface area contributed by atoms with Crippen LogP contribution in [0.3, 0.4) is 0 Å². The van der Waals surface area contributed by atoms with E-state index in [0.717, 1.165) is 0 Å². The number of nitrogens with zero attached hydrogens (tertiary/aromatic N) is 3. The zero-order valence-corrected chi connectivity index (χ0v) is 18.5. The van der Waals surface area contributed by atoms with Crippen molar-refractivity contribution in [2.24, 2.45) is 0 Å². The topological polar surface area (TPSA) is 121 Å². The molecule has 4 aromatic rings. The smallest absolute Gasteiger partial charge is 0.335 e. The lowest BCUT2D eigenvalue weighted by molar-refractivity contribution is 0.0696. The molecule has 10 heteroatoms. The number of para-hydroxylation sites is 1. The summed E-state index contributed by atoms with van der Waals surface area (Å²) in [5.74, 6) is -0.127. The molecule has 4 rings (SSSR count). The van der Waals surface area contributed by atoms with Crippen molar-refractivity contribution >= 4 is 15.8 Å². The fourth-order valence-electron chi connectivity index (χ4n) is 3.37. The first-order valence-corrected chi connectivity index (χ1v) is 11.2. The summed E-state index contributed by atoms with van der Waals surface area (Å²) in [6.45, 7) is 0. The molecule has 0 atom stereocenters. The van der Waals surface area contributed by atoms with Crippen LogP contribution in [0.15, 0.2) is 82.7 Å². The first-order valence-electron chi connectivity index (χ1n) is 9.68. The molecule has 0 radical (unpaired) electrons. The minimum Gasteiger partial charge on any atom is -0.494 e. The van der Waals surface area contributed by atoms with Crippen molar-refractivity contribution < 1.29 is 27.8 Å². The Morgan fingerprint density at radius 2 is 1.55 bits per heavy atom. The van der Waals surface area contributed by atoms with E-state index in [-0.39, 0.29) is 15.4 Å². The third kappa shape index (κ3) is 4.03. The van der Waals surface area contributed by atoms with Crippen molar-refractivity contribution in [1.29, 1.82) is 0 Å². The van der Waals surface area contributed by atoms with Crippen LogP contribution in [0.2, 0.25) is 0 Å². The van der Waals surface area contributed by atoms with Crippen molar-refractivity contribution in [2.45, 2.75) is 9.79 Å². The number of carboxylic acid groups (broad SMARTS) is 1. The zero-order valence-electron chi connectivity index (χ0n) is 17.7. The van der Waals surface area contributed by atoms with E-state index in [1.165, 1.54) is 49.2 Å². The van der Waals surface area contributed by atoms with Gasteiger partial charge in [-0.25, -0.2) is 17.9 Å². The number of hydrogen-bond donors (Lipinski definition) is 1. The number of aromatic carboxylic acids is 1. The van der Waals surface area contributed by atoms with E-state index in [1.54, 1.807) is 42.6 Å². The molecule has 1 N–H and O–H groups in total. The zero-order chi connectivity index (χ0) is 23.6. The highest BCUT2D eigenvalue weighted by molar-refractivity contribution is 7.91. The highest BCUT2D eigenvalue weighted by Gasteiger charge is 2.24. The first-order chi connectivity index (χ1) is 15.9. The summed E-state index contributed by atoms with van der Waals surface area (Å²) in [6, 6.07) is 16.7. The molecule has 0 aliphatic carbocycles. The average molecular weight is 465 g/mol. The molecular formula is C23H19N3O6S. The van der Waals surface area contributed by atoms with Crippen LogP contribution in [-0.2, 0) is 9.84 Å². The Morgan fingerprint density at radius 1 is 0.909 bits per heavy atom. The Hall–Kier alpha value is -4.18. The lowest BCUT2D eigenvalue weighted by Crippen LogP contribution is -2.05. The van der Waals surface area contributed by atoms with Crippen LogP contribution in [0.25, 0.3) is 16.9 Å². The number of aromatic nitrogens is 3. The Kier molecular flexibility index (Phi) is 5.84. The van der Waals surface area contributed by atoms with Crippen molar-refractivity contribution in [1.82, 2.24) is 15.0 Å². The molecule has 0 fully saturated rings. The molecule has 9 nitrogen and oxygen atoms in total. The maximum atomic E-state index is 13.3. The highest BCUT2D eigenvalue weighted by atomic mass is 32.2. The van der Waals surface area contributed by atoms with Crippen molar-refractivity contribution in [3.8, 4) is 28.4 Å². The SMILES string of the molecule is COc1cccc(OC)c1-n1cc(-c2ccccc2S(=O)(=O)c2ccc(C(=O)O)cc2)nn1. The summed E-state index contributed by atoms with van der Waals surface area (Å²) in [7, 11) is -0.918. The normalized spacial score (nSPS) is 11.2. The van der Waals surface area contributed by atoms with E-state index in [9.17, 15) is 13.2 Å². The average Bonchev–Trinajstić information content (AvgIpc) is 3.33. The summed E-state index contributed by atoms with van der Waals surface area (Å²) in [4.78, 5) is 11.1. The lowest BCUT2D eigenvalue weighted by atomic mass is 10.2. The number of carbonyl (C=O) groups is 1. The van der Waals surface area contributed by atoms with Gasteiger partial charge in [-0.3, -0.25) is 0 Å². The van der Waals surface area contributed by atoms with Crippen LogP contribution in [0, 0.1) is 0 Å². The second kappa shape index (κ2) is 8.75. The fourth-order valence-corrected chi connectivity index (χ4v) is 4.84. The van der Waals surface area contributed by atoms with Gasteiger partial charge in [0.2, 0.25) is 9.84 Å². The molecule has 0 spiro atoms. The maximum absolute atomic E-state index is 13.3. The number of carboxylic acids is 1. The van der Waals surface area contributed by atoms with Gasteiger partial charge in [0.1, 0.15) is 17.2 Å².